The number of amidine groups is 1. The molecule has 0 radical (unpaired) electrons. The fraction of sp³-hybridized carbons (Fsp3) is 0.346. The van der Waals surface area contributed by atoms with Gasteiger partial charge < -0.3 is 25.5 Å². The molecule has 4 heterocycles. The van der Waals surface area contributed by atoms with Gasteiger partial charge in [0.15, 0.2) is 12.4 Å². The molecule has 2 atom stereocenters. The Balaban J connectivity index is 1.48. The van der Waals surface area contributed by atoms with Gasteiger partial charge in [-0.2, -0.15) is 0 Å². The number of nitrogens with zero attached hydrogens (tertiary/aromatic N) is 5. The summed E-state index contributed by atoms with van der Waals surface area (Å²) in [5, 5.41) is 7.53. The van der Waals surface area contributed by atoms with Crippen molar-refractivity contribution in [3.63, 3.8) is 0 Å². The Labute approximate surface area is 217 Å². The fourth-order valence-corrected chi connectivity index (χ4v) is 4.77. The second-order valence-electron chi connectivity index (χ2n) is 9.13. The molecule has 1 saturated heterocycles. The largest absolute Gasteiger partial charge is 0.481 e. The number of hydrogen-bond acceptors (Lipinski definition) is 8. The first kappa shape index (κ1) is 25.3. The Hall–Kier alpha value is -4.35. The Morgan fingerprint density at radius 1 is 1.26 bits per heavy atom. The van der Waals surface area contributed by atoms with E-state index in [0.29, 0.717) is 59.3 Å². The van der Waals surface area contributed by atoms with Crippen molar-refractivity contribution in [1.82, 2.24) is 25.2 Å². The van der Waals surface area contributed by atoms with Crippen LogP contribution in [-0.2, 0) is 16.1 Å². The monoisotopic (exact) mass is 523 g/mol. The molecule has 1 amide bonds. The smallest absolute Gasteiger partial charge is 0.263 e. The van der Waals surface area contributed by atoms with Crippen LogP contribution in [0.5, 0.6) is 5.88 Å². The third kappa shape index (κ3) is 5.20. The van der Waals surface area contributed by atoms with Crippen molar-refractivity contribution >= 4 is 17.7 Å². The second kappa shape index (κ2) is 10.6. The van der Waals surface area contributed by atoms with Gasteiger partial charge >= 0.3 is 0 Å². The van der Waals surface area contributed by atoms with Crippen LogP contribution in [0.3, 0.4) is 0 Å². The van der Waals surface area contributed by atoms with E-state index in [1.165, 1.54) is 24.1 Å². The first-order valence-corrected chi connectivity index (χ1v) is 12.1. The number of halogens is 2. The van der Waals surface area contributed by atoms with Crippen molar-refractivity contribution in [2.75, 3.05) is 32.5 Å². The highest BCUT2D eigenvalue weighted by Crippen LogP contribution is 2.34. The number of benzene rings is 1. The number of carbonyl (C=O) groups excluding carboxylic acids is 1. The Morgan fingerprint density at radius 2 is 2.11 bits per heavy atom. The number of alkyl halides is 1. The minimum Gasteiger partial charge on any atom is -0.481 e. The molecule has 0 spiro atoms. The topological polar surface area (TPSA) is 128 Å². The van der Waals surface area contributed by atoms with Crippen LogP contribution in [0.25, 0.3) is 11.3 Å². The lowest BCUT2D eigenvalue weighted by atomic mass is 9.90. The first-order valence-electron chi connectivity index (χ1n) is 12.1. The Kier molecular flexibility index (Phi) is 7.03. The molecule has 0 aliphatic carbocycles. The normalized spacial score (nSPS) is 19.7. The van der Waals surface area contributed by atoms with E-state index >= 15 is 0 Å². The predicted octanol–water partition coefficient (Wildman–Crippen LogP) is 2.71. The number of anilines is 1. The number of nitrogens with two attached hydrogens (primary N) is 1. The van der Waals surface area contributed by atoms with E-state index in [1.807, 2.05) is 0 Å². The second-order valence-corrected chi connectivity index (χ2v) is 9.13. The number of rotatable bonds is 6. The number of nitrogen functional groups attached to an aromatic ring is 1. The molecule has 2 aromatic heterocycles. The number of methoxy groups -OCH3 is 1. The van der Waals surface area contributed by atoms with Crippen molar-refractivity contribution in [1.29, 1.82) is 0 Å². The summed E-state index contributed by atoms with van der Waals surface area (Å²) in [6.45, 7) is 1.83. The summed E-state index contributed by atoms with van der Waals surface area (Å²) in [4.78, 5) is 32.4. The van der Waals surface area contributed by atoms with E-state index in [2.05, 4.69) is 25.4 Å². The quantitative estimate of drug-likeness (QED) is 0.472. The molecule has 198 valence electrons. The number of nitrogens with one attached hydrogen (secondary N) is 1. The molecule has 0 bridgehead atoms. The number of aromatic nitrogens is 3. The van der Waals surface area contributed by atoms with Crippen LogP contribution in [0.4, 0.5) is 14.7 Å². The minimum absolute atomic E-state index is 0.0554. The lowest BCUT2D eigenvalue weighted by molar-refractivity contribution is -0.135. The lowest BCUT2D eigenvalue weighted by Gasteiger charge is -2.29. The number of likely N-dealkylation sites (tertiary alicyclic amines) is 1. The van der Waals surface area contributed by atoms with Gasteiger partial charge in [0.05, 0.1) is 42.3 Å². The van der Waals surface area contributed by atoms with Crippen molar-refractivity contribution < 1.29 is 23.1 Å². The minimum atomic E-state index is -1.02. The summed E-state index contributed by atoms with van der Waals surface area (Å²) < 4.78 is 33.1. The molecule has 1 fully saturated rings. The van der Waals surface area contributed by atoms with E-state index in [1.54, 1.807) is 31.2 Å². The van der Waals surface area contributed by atoms with Crippen LogP contribution in [0.1, 0.15) is 35.0 Å². The SMILES string of the molecule is COc1cccc(-c2cc(F)ccc2C2Cc3nc(N)nc(C)c3C(=NOCC(=O)N3CCC(F)C3)N2)n1. The van der Waals surface area contributed by atoms with E-state index in [-0.39, 0.29) is 25.0 Å². The van der Waals surface area contributed by atoms with Gasteiger partial charge in [0.2, 0.25) is 11.8 Å². The zero-order valence-corrected chi connectivity index (χ0v) is 20.9. The molecule has 5 rings (SSSR count). The molecule has 2 aliphatic heterocycles. The van der Waals surface area contributed by atoms with Gasteiger partial charge in [0.1, 0.15) is 12.0 Å². The molecule has 12 heteroatoms. The van der Waals surface area contributed by atoms with Gasteiger partial charge in [0.25, 0.3) is 5.91 Å². The summed E-state index contributed by atoms with van der Waals surface area (Å²) in [5.41, 5.74) is 9.59. The number of fused-ring (bicyclic) bond motifs is 1. The van der Waals surface area contributed by atoms with Crippen molar-refractivity contribution in [2.24, 2.45) is 5.16 Å². The van der Waals surface area contributed by atoms with Gasteiger partial charge in [-0.15, -0.1) is 0 Å². The summed E-state index contributed by atoms with van der Waals surface area (Å²) in [6, 6.07) is 9.30. The standard InChI is InChI=1S/C26H27F2N7O3/c1-14-24-21(33-26(29)30-14)11-20(32-25(24)34-38-13-23(36)35-9-8-16(28)12-35)17-7-6-15(27)10-18(17)19-4-3-5-22(31-19)37-2/h3-7,10,16,20H,8-9,11-13H2,1-2H3,(H,32,34)(H2,29,30,33). The van der Waals surface area contributed by atoms with Crippen molar-refractivity contribution in [3.05, 3.63) is 64.7 Å². The highest BCUT2D eigenvalue weighted by molar-refractivity contribution is 6.01. The highest BCUT2D eigenvalue weighted by Gasteiger charge is 2.31. The van der Waals surface area contributed by atoms with Crippen LogP contribution < -0.4 is 15.8 Å². The summed E-state index contributed by atoms with van der Waals surface area (Å²) >= 11 is 0. The third-order valence-electron chi connectivity index (χ3n) is 6.55. The molecule has 1 aromatic carbocycles. The summed E-state index contributed by atoms with van der Waals surface area (Å²) in [6.07, 6.45) is -0.307. The zero-order valence-electron chi connectivity index (χ0n) is 20.9. The molecular weight excluding hydrogens is 496 g/mol. The van der Waals surface area contributed by atoms with Crippen LogP contribution in [-0.4, -0.2) is 64.6 Å². The number of pyridine rings is 1. The van der Waals surface area contributed by atoms with Gasteiger partial charge in [-0.05, 0) is 37.1 Å². The van der Waals surface area contributed by atoms with Crippen LogP contribution in [0.2, 0.25) is 0 Å². The van der Waals surface area contributed by atoms with E-state index < -0.39 is 18.0 Å². The number of carbonyl (C=O) groups is 1. The molecule has 2 unspecified atom stereocenters. The summed E-state index contributed by atoms with van der Waals surface area (Å²) in [7, 11) is 1.51. The molecule has 3 N–H and O–H groups in total. The first-order chi connectivity index (χ1) is 18.3. The number of ether oxygens (including phenoxy) is 1. The van der Waals surface area contributed by atoms with Crippen LogP contribution in [0, 0.1) is 12.7 Å². The Bertz CT molecular complexity index is 1400. The zero-order chi connectivity index (χ0) is 26.8. The summed E-state index contributed by atoms with van der Waals surface area (Å²) in [5.74, 6) is 0.0480. The molecule has 38 heavy (non-hydrogen) atoms. The maximum Gasteiger partial charge on any atom is 0.263 e. The van der Waals surface area contributed by atoms with Gasteiger partial charge in [-0.1, -0.05) is 17.3 Å². The maximum absolute atomic E-state index is 14.4. The van der Waals surface area contributed by atoms with Crippen LogP contribution in [0.15, 0.2) is 41.6 Å². The lowest BCUT2D eigenvalue weighted by Crippen LogP contribution is -2.38. The van der Waals surface area contributed by atoms with E-state index in [0.717, 1.165) is 5.56 Å². The van der Waals surface area contributed by atoms with Gasteiger partial charge in [0, 0.05) is 24.6 Å². The van der Waals surface area contributed by atoms with Crippen LogP contribution >= 0.6 is 0 Å². The maximum atomic E-state index is 14.4. The van der Waals surface area contributed by atoms with Gasteiger partial charge in [-0.25, -0.2) is 23.7 Å². The fourth-order valence-electron chi connectivity index (χ4n) is 4.77. The van der Waals surface area contributed by atoms with Crippen molar-refractivity contribution in [2.45, 2.75) is 32.0 Å². The van der Waals surface area contributed by atoms with Crippen molar-refractivity contribution in [3.8, 4) is 17.1 Å². The molecular formula is C26H27F2N7O3. The van der Waals surface area contributed by atoms with E-state index in [9.17, 15) is 13.6 Å². The third-order valence-corrected chi connectivity index (χ3v) is 6.55. The molecule has 10 nitrogen and oxygen atoms in total. The number of oxime groups is 1. The van der Waals surface area contributed by atoms with Gasteiger partial charge in [-0.3, -0.25) is 4.79 Å². The molecule has 3 aromatic rings. The molecule has 2 aliphatic rings. The molecule has 0 saturated carbocycles. The predicted molar refractivity (Wildman–Crippen MR) is 136 cm³/mol. The number of hydrogen-bond donors (Lipinski definition) is 2. The van der Waals surface area contributed by atoms with E-state index in [4.69, 9.17) is 15.3 Å². The number of amides is 1. The average Bonchev–Trinajstić information content (AvgIpc) is 3.34. The highest BCUT2D eigenvalue weighted by atomic mass is 19.1. The number of aryl methyl sites for hydroxylation is 1. The average molecular weight is 524 g/mol. The Morgan fingerprint density at radius 3 is 2.87 bits per heavy atom.